The van der Waals surface area contributed by atoms with Crippen molar-refractivity contribution in [3.63, 3.8) is 0 Å². The van der Waals surface area contributed by atoms with Gasteiger partial charge in [-0.25, -0.2) is 0 Å². The third kappa shape index (κ3) is 2.48. The summed E-state index contributed by atoms with van der Waals surface area (Å²) in [4.78, 5) is 15.1. The monoisotopic (exact) mass is 313 g/mol. The van der Waals surface area contributed by atoms with Crippen LogP contribution >= 0.6 is 15.9 Å². The molecule has 102 valence electrons. The maximum atomic E-state index is 12.4. The van der Waals surface area contributed by atoms with Crippen LogP contribution in [0.2, 0.25) is 0 Å². The minimum Gasteiger partial charge on any atom is -0.342 e. The van der Waals surface area contributed by atoms with E-state index >= 15 is 0 Å². The fourth-order valence-corrected chi connectivity index (χ4v) is 4.70. The number of carbonyl (C=O) groups excluding carboxylic acids is 1. The van der Waals surface area contributed by atoms with Gasteiger partial charge in [0, 0.05) is 24.3 Å². The van der Waals surface area contributed by atoms with Gasteiger partial charge in [0.05, 0.1) is 0 Å². The molecule has 0 N–H and O–H groups in total. The lowest BCUT2D eigenvalue weighted by Crippen LogP contribution is -2.44. The Bertz CT molecular complexity index is 332. The second kappa shape index (κ2) is 5.15. The van der Waals surface area contributed by atoms with Gasteiger partial charge in [0.25, 0.3) is 0 Å². The average Bonchev–Trinajstić information content (AvgIpc) is 2.94. The zero-order valence-corrected chi connectivity index (χ0v) is 12.9. The zero-order valence-electron chi connectivity index (χ0n) is 11.3. The van der Waals surface area contributed by atoms with Gasteiger partial charge in [-0.1, -0.05) is 29.3 Å². The Balaban J connectivity index is 1.52. The van der Waals surface area contributed by atoms with Crippen molar-refractivity contribution in [3.8, 4) is 0 Å². The summed E-state index contributed by atoms with van der Waals surface area (Å²) >= 11 is 3.71. The van der Waals surface area contributed by atoms with Crippen LogP contribution in [-0.2, 0) is 4.79 Å². The molecule has 0 radical (unpaired) electrons. The first-order valence-corrected chi connectivity index (χ1v) is 8.47. The van der Waals surface area contributed by atoms with Crippen LogP contribution in [0.1, 0.15) is 45.4 Å². The number of amides is 1. The van der Waals surface area contributed by atoms with Crippen LogP contribution in [0.25, 0.3) is 0 Å². The number of carbonyl (C=O) groups is 1. The van der Waals surface area contributed by atoms with Crippen molar-refractivity contribution in [2.45, 2.75) is 50.3 Å². The number of fused-ring (bicyclic) bond motifs is 2. The molecule has 2 bridgehead atoms. The Morgan fingerprint density at radius 1 is 1.28 bits per heavy atom. The number of alkyl halides is 1. The van der Waals surface area contributed by atoms with Crippen LogP contribution in [0, 0.1) is 23.7 Å². The van der Waals surface area contributed by atoms with E-state index < -0.39 is 0 Å². The van der Waals surface area contributed by atoms with Crippen LogP contribution in [0.5, 0.6) is 0 Å². The van der Waals surface area contributed by atoms with E-state index in [1.807, 2.05) is 0 Å². The van der Waals surface area contributed by atoms with Gasteiger partial charge in [-0.05, 0) is 49.4 Å². The maximum absolute atomic E-state index is 12.4. The van der Waals surface area contributed by atoms with Gasteiger partial charge in [0.15, 0.2) is 0 Å². The van der Waals surface area contributed by atoms with Gasteiger partial charge in [-0.3, -0.25) is 4.79 Å². The summed E-state index contributed by atoms with van der Waals surface area (Å²) in [5.41, 5.74) is 0. The van der Waals surface area contributed by atoms with E-state index in [0.717, 1.165) is 37.8 Å². The van der Waals surface area contributed by atoms with E-state index in [1.165, 1.54) is 25.7 Å². The molecule has 0 spiro atoms. The van der Waals surface area contributed by atoms with E-state index in [0.29, 0.717) is 22.6 Å². The molecule has 2 saturated carbocycles. The second-order valence-electron chi connectivity index (χ2n) is 6.76. The molecule has 5 unspecified atom stereocenters. The molecule has 3 rings (SSSR count). The Morgan fingerprint density at radius 3 is 2.72 bits per heavy atom. The Labute approximate surface area is 119 Å². The van der Waals surface area contributed by atoms with Crippen molar-refractivity contribution in [2.24, 2.45) is 23.7 Å². The highest BCUT2D eigenvalue weighted by Gasteiger charge is 2.41. The topological polar surface area (TPSA) is 20.3 Å². The lowest BCUT2D eigenvalue weighted by molar-refractivity contribution is -0.134. The lowest BCUT2D eigenvalue weighted by Gasteiger charge is -2.35. The van der Waals surface area contributed by atoms with Crippen molar-refractivity contribution in [2.75, 3.05) is 13.1 Å². The third-order valence-corrected chi connectivity index (χ3v) is 6.83. The SMILES string of the molecule is CC1CN(C(=O)CC2CC3CCC2C3)CCC1Br. The first kappa shape index (κ1) is 13.0. The van der Waals surface area contributed by atoms with Crippen LogP contribution < -0.4 is 0 Å². The summed E-state index contributed by atoms with van der Waals surface area (Å²) in [7, 11) is 0. The Hall–Kier alpha value is -0.0500. The van der Waals surface area contributed by atoms with Gasteiger partial charge >= 0.3 is 0 Å². The zero-order chi connectivity index (χ0) is 12.7. The Kier molecular flexibility index (Phi) is 3.70. The summed E-state index contributed by atoms with van der Waals surface area (Å²) in [6.07, 6.45) is 7.52. The van der Waals surface area contributed by atoms with E-state index in [1.54, 1.807) is 0 Å². The summed E-state index contributed by atoms with van der Waals surface area (Å²) in [6, 6.07) is 0. The predicted molar refractivity (Wildman–Crippen MR) is 76.6 cm³/mol. The average molecular weight is 314 g/mol. The lowest BCUT2D eigenvalue weighted by atomic mass is 9.86. The van der Waals surface area contributed by atoms with Crippen LogP contribution in [-0.4, -0.2) is 28.7 Å². The van der Waals surface area contributed by atoms with Crippen LogP contribution in [0.3, 0.4) is 0 Å². The maximum Gasteiger partial charge on any atom is 0.222 e. The molecule has 1 aliphatic heterocycles. The molecule has 5 atom stereocenters. The number of halogens is 1. The minimum atomic E-state index is 0.429. The molecule has 2 nitrogen and oxygen atoms in total. The standard InChI is InChI=1S/C15H24BrNO/c1-10-9-17(5-4-14(10)16)15(18)8-13-7-11-2-3-12(13)6-11/h10-14H,2-9H2,1H3. The first-order chi connectivity index (χ1) is 8.63. The van der Waals surface area contributed by atoms with Crippen LogP contribution in [0.4, 0.5) is 0 Å². The minimum absolute atomic E-state index is 0.429. The molecule has 3 fully saturated rings. The number of likely N-dealkylation sites (tertiary alicyclic amines) is 1. The van der Waals surface area contributed by atoms with Crippen LogP contribution in [0.15, 0.2) is 0 Å². The third-order valence-electron chi connectivity index (χ3n) is 5.47. The number of hydrogen-bond donors (Lipinski definition) is 0. The quantitative estimate of drug-likeness (QED) is 0.715. The van der Waals surface area contributed by atoms with Crippen molar-refractivity contribution in [1.82, 2.24) is 4.90 Å². The summed E-state index contributed by atoms with van der Waals surface area (Å²) in [5, 5.41) is 0. The first-order valence-electron chi connectivity index (χ1n) is 7.55. The number of piperidine rings is 1. The fraction of sp³-hybridized carbons (Fsp3) is 0.933. The highest BCUT2D eigenvalue weighted by molar-refractivity contribution is 9.09. The summed E-state index contributed by atoms with van der Waals surface area (Å²) in [5.74, 6) is 3.58. The van der Waals surface area contributed by atoms with Crippen molar-refractivity contribution >= 4 is 21.8 Å². The molecule has 3 heteroatoms. The normalized spacial score (nSPS) is 43.4. The predicted octanol–water partition coefficient (Wildman–Crippen LogP) is 3.44. The smallest absolute Gasteiger partial charge is 0.222 e. The van der Waals surface area contributed by atoms with Gasteiger partial charge in [0.1, 0.15) is 0 Å². The van der Waals surface area contributed by atoms with E-state index in [2.05, 4.69) is 27.8 Å². The molecule has 2 aliphatic carbocycles. The highest BCUT2D eigenvalue weighted by Crippen LogP contribution is 2.49. The molecular formula is C15H24BrNO. The number of hydrogen-bond acceptors (Lipinski definition) is 1. The number of nitrogens with zero attached hydrogens (tertiary/aromatic N) is 1. The van der Waals surface area contributed by atoms with E-state index in [-0.39, 0.29) is 0 Å². The van der Waals surface area contributed by atoms with Gasteiger partial charge in [-0.2, -0.15) is 0 Å². The van der Waals surface area contributed by atoms with Gasteiger partial charge in [-0.15, -0.1) is 0 Å². The van der Waals surface area contributed by atoms with E-state index in [4.69, 9.17) is 0 Å². The summed E-state index contributed by atoms with van der Waals surface area (Å²) in [6.45, 7) is 4.16. The molecule has 1 amide bonds. The molecule has 1 heterocycles. The number of rotatable bonds is 2. The molecule has 0 aromatic heterocycles. The second-order valence-corrected chi connectivity index (χ2v) is 7.94. The molecule has 18 heavy (non-hydrogen) atoms. The summed E-state index contributed by atoms with van der Waals surface area (Å²) < 4.78 is 0. The highest BCUT2D eigenvalue weighted by atomic mass is 79.9. The van der Waals surface area contributed by atoms with Crippen molar-refractivity contribution in [1.29, 1.82) is 0 Å². The fourth-order valence-electron chi connectivity index (χ4n) is 4.32. The van der Waals surface area contributed by atoms with E-state index in [9.17, 15) is 4.79 Å². The molecule has 0 aromatic rings. The van der Waals surface area contributed by atoms with Gasteiger partial charge in [0.2, 0.25) is 5.91 Å². The van der Waals surface area contributed by atoms with Crippen molar-refractivity contribution < 1.29 is 4.79 Å². The molecule has 3 aliphatic rings. The Morgan fingerprint density at radius 2 is 2.11 bits per heavy atom. The van der Waals surface area contributed by atoms with Gasteiger partial charge < -0.3 is 4.90 Å². The van der Waals surface area contributed by atoms with Crippen molar-refractivity contribution in [3.05, 3.63) is 0 Å². The largest absolute Gasteiger partial charge is 0.342 e. The molecule has 0 aromatic carbocycles. The molecular weight excluding hydrogens is 290 g/mol. The molecule has 1 saturated heterocycles.